The van der Waals surface area contributed by atoms with Gasteiger partial charge in [0, 0.05) is 30.9 Å². The van der Waals surface area contributed by atoms with Gasteiger partial charge in [-0.15, -0.1) is 0 Å². The third-order valence-electron chi connectivity index (χ3n) is 4.24. The summed E-state index contributed by atoms with van der Waals surface area (Å²) in [6, 6.07) is 14.5. The summed E-state index contributed by atoms with van der Waals surface area (Å²) >= 11 is 0. The number of hydrogen-bond donors (Lipinski definition) is 1. The molecular formula is C19H22N2O. The van der Waals surface area contributed by atoms with E-state index in [9.17, 15) is 4.79 Å². The zero-order valence-corrected chi connectivity index (χ0v) is 13.2. The van der Waals surface area contributed by atoms with Crippen LogP contribution in [0.2, 0.25) is 0 Å². The minimum Gasteiger partial charge on any atom is -0.384 e. The maximum atomic E-state index is 12.4. The highest BCUT2D eigenvalue weighted by Gasteiger charge is 2.23. The Kier molecular flexibility index (Phi) is 4.14. The molecule has 0 bridgehead atoms. The lowest BCUT2D eigenvalue weighted by Gasteiger charge is -2.18. The summed E-state index contributed by atoms with van der Waals surface area (Å²) in [6.07, 6.45) is 1.48. The number of rotatable bonds is 4. The fraction of sp³-hybridized carbons (Fsp3) is 0.316. The van der Waals surface area contributed by atoms with Crippen LogP contribution in [-0.2, 0) is 11.2 Å². The van der Waals surface area contributed by atoms with Crippen LogP contribution in [0.1, 0.15) is 23.1 Å². The van der Waals surface area contributed by atoms with Gasteiger partial charge in [-0.2, -0.15) is 0 Å². The molecule has 0 spiro atoms. The molecule has 0 radical (unpaired) electrons. The molecule has 0 aromatic heterocycles. The number of nitrogens with one attached hydrogen (secondary N) is 1. The van der Waals surface area contributed by atoms with Gasteiger partial charge in [0.1, 0.15) is 0 Å². The lowest BCUT2D eigenvalue weighted by molar-refractivity contribution is -0.118. The van der Waals surface area contributed by atoms with Crippen molar-refractivity contribution in [3.05, 3.63) is 59.2 Å². The summed E-state index contributed by atoms with van der Waals surface area (Å²) < 4.78 is 0. The number of aryl methyl sites for hydroxylation is 2. The van der Waals surface area contributed by atoms with Crippen LogP contribution in [0.25, 0.3) is 0 Å². The molecule has 3 heteroatoms. The molecule has 22 heavy (non-hydrogen) atoms. The summed E-state index contributed by atoms with van der Waals surface area (Å²) in [5, 5.41) is 3.38. The summed E-state index contributed by atoms with van der Waals surface area (Å²) in [5.74, 6) is 0.197. The van der Waals surface area contributed by atoms with Crippen LogP contribution in [0.4, 0.5) is 11.4 Å². The molecule has 2 aromatic rings. The molecule has 0 unspecified atom stereocenters. The quantitative estimate of drug-likeness (QED) is 0.932. The number of anilines is 2. The summed E-state index contributed by atoms with van der Waals surface area (Å²) in [5.41, 5.74) is 5.92. The second-order valence-corrected chi connectivity index (χ2v) is 5.92. The highest BCUT2D eigenvalue weighted by molar-refractivity contribution is 5.95. The van der Waals surface area contributed by atoms with Crippen LogP contribution in [0.3, 0.4) is 0 Å². The molecule has 2 aromatic carbocycles. The van der Waals surface area contributed by atoms with Crippen LogP contribution < -0.4 is 10.2 Å². The van der Waals surface area contributed by atoms with Gasteiger partial charge in [-0.1, -0.05) is 30.3 Å². The molecule has 3 nitrogen and oxygen atoms in total. The van der Waals surface area contributed by atoms with Gasteiger partial charge in [0.05, 0.1) is 0 Å². The number of carbonyl (C=O) groups is 1. The highest BCUT2D eigenvalue weighted by atomic mass is 16.2. The molecule has 114 valence electrons. The first-order valence-corrected chi connectivity index (χ1v) is 7.84. The van der Waals surface area contributed by atoms with E-state index in [0.29, 0.717) is 13.0 Å². The van der Waals surface area contributed by atoms with Gasteiger partial charge in [-0.25, -0.2) is 0 Å². The number of benzene rings is 2. The zero-order valence-electron chi connectivity index (χ0n) is 13.2. The van der Waals surface area contributed by atoms with Crippen molar-refractivity contribution in [3.63, 3.8) is 0 Å². The largest absolute Gasteiger partial charge is 0.384 e. The van der Waals surface area contributed by atoms with Gasteiger partial charge < -0.3 is 10.2 Å². The Balaban J connectivity index is 1.58. The van der Waals surface area contributed by atoms with E-state index < -0.39 is 0 Å². The van der Waals surface area contributed by atoms with Crippen molar-refractivity contribution >= 4 is 17.3 Å². The monoisotopic (exact) mass is 294 g/mol. The number of fused-ring (bicyclic) bond motifs is 1. The molecule has 3 rings (SSSR count). The SMILES string of the molecule is Cc1ccc(C)c(NCCC(=O)N2CCc3ccccc32)c1. The fourth-order valence-corrected chi connectivity index (χ4v) is 2.96. The van der Waals surface area contributed by atoms with Crippen LogP contribution in [0.15, 0.2) is 42.5 Å². The first-order chi connectivity index (χ1) is 10.6. The Hall–Kier alpha value is -2.29. The maximum absolute atomic E-state index is 12.4. The normalized spacial score (nSPS) is 13.1. The molecule has 0 saturated carbocycles. The predicted molar refractivity (Wildman–Crippen MR) is 91.5 cm³/mol. The van der Waals surface area contributed by atoms with E-state index in [0.717, 1.165) is 24.3 Å². The summed E-state index contributed by atoms with van der Waals surface area (Å²) in [4.78, 5) is 14.4. The standard InChI is InChI=1S/C19H22N2O/c1-14-7-8-15(2)17(13-14)20-11-9-19(22)21-12-10-16-5-3-4-6-18(16)21/h3-8,13,20H,9-12H2,1-2H3. The molecule has 1 amide bonds. The Morgan fingerprint density at radius 2 is 2.00 bits per heavy atom. The van der Waals surface area contributed by atoms with Gasteiger partial charge in [0.15, 0.2) is 0 Å². The van der Waals surface area contributed by atoms with E-state index in [1.54, 1.807) is 0 Å². The van der Waals surface area contributed by atoms with E-state index in [2.05, 4.69) is 43.4 Å². The van der Waals surface area contributed by atoms with Gasteiger partial charge >= 0.3 is 0 Å². The van der Waals surface area contributed by atoms with Crippen LogP contribution in [0, 0.1) is 13.8 Å². The van der Waals surface area contributed by atoms with Crippen LogP contribution in [-0.4, -0.2) is 19.0 Å². The first-order valence-electron chi connectivity index (χ1n) is 7.84. The van der Waals surface area contributed by atoms with Crippen LogP contribution >= 0.6 is 0 Å². The lowest BCUT2D eigenvalue weighted by Crippen LogP contribution is -2.30. The second-order valence-electron chi connectivity index (χ2n) is 5.92. The number of para-hydroxylation sites is 1. The molecule has 1 heterocycles. The molecule has 0 saturated heterocycles. The molecule has 0 atom stereocenters. The van der Waals surface area contributed by atoms with Crippen molar-refractivity contribution in [2.75, 3.05) is 23.3 Å². The van der Waals surface area contributed by atoms with E-state index in [1.807, 2.05) is 23.1 Å². The van der Waals surface area contributed by atoms with E-state index in [4.69, 9.17) is 0 Å². The topological polar surface area (TPSA) is 32.3 Å². The molecule has 1 aliphatic heterocycles. The lowest BCUT2D eigenvalue weighted by atomic mass is 10.1. The summed E-state index contributed by atoms with van der Waals surface area (Å²) in [7, 11) is 0. The molecule has 1 aliphatic rings. The predicted octanol–water partition coefficient (Wildman–Crippen LogP) is 3.69. The van der Waals surface area contributed by atoms with Gasteiger partial charge in [0.25, 0.3) is 0 Å². The average molecular weight is 294 g/mol. The Bertz CT molecular complexity index is 694. The zero-order chi connectivity index (χ0) is 15.5. The van der Waals surface area contributed by atoms with Crippen LogP contribution in [0.5, 0.6) is 0 Å². The smallest absolute Gasteiger partial charge is 0.228 e. The van der Waals surface area contributed by atoms with E-state index in [1.165, 1.54) is 16.7 Å². The first kappa shape index (κ1) is 14.6. The third-order valence-corrected chi connectivity index (χ3v) is 4.24. The molecule has 0 fully saturated rings. The summed E-state index contributed by atoms with van der Waals surface area (Å²) in [6.45, 7) is 5.64. The molecule has 1 N–H and O–H groups in total. The maximum Gasteiger partial charge on any atom is 0.228 e. The number of amides is 1. The van der Waals surface area contributed by atoms with Gasteiger partial charge in [-0.05, 0) is 49.1 Å². The number of hydrogen-bond acceptors (Lipinski definition) is 2. The van der Waals surface area contributed by atoms with E-state index >= 15 is 0 Å². The number of nitrogens with zero attached hydrogens (tertiary/aromatic N) is 1. The van der Waals surface area contributed by atoms with Crippen molar-refractivity contribution in [1.29, 1.82) is 0 Å². The highest BCUT2D eigenvalue weighted by Crippen LogP contribution is 2.27. The minimum absolute atomic E-state index is 0.197. The Labute approximate surface area is 132 Å². The van der Waals surface area contributed by atoms with Crippen molar-refractivity contribution < 1.29 is 4.79 Å². The van der Waals surface area contributed by atoms with Crippen molar-refractivity contribution in [2.24, 2.45) is 0 Å². The fourth-order valence-electron chi connectivity index (χ4n) is 2.96. The Morgan fingerprint density at radius 3 is 2.86 bits per heavy atom. The van der Waals surface area contributed by atoms with Crippen molar-refractivity contribution in [2.45, 2.75) is 26.7 Å². The van der Waals surface area contributed by atoms with Crippen molar-refractivity contribution in [1.82, 2.24) is 0 Å². The van der Waals surface area contributed by atoms with Crippen molar-refractivity contribution in [3.8, 4) is 0 Å². The average Bonchev–Trinajstić information content (AvgIpc) is 2.94. The number of carbonyl (C=O) groups excluding carboxylic acids is 1. The van der Waals surface area contributed by atoms with Gasteiger partial charge in [-0.3, -0.25) is 4.79 Å². The van der Waals surface area contributed by atoms with E-state index in [-0.39, 0.29) is 5.91 Å². The second kappa shape index (κ2) is 6.22. The molecular weight excluding hydrogens is 272 g/mol. The third kappa shape index (κ3) is 2.98. The molecule has 0 aliphatic carbocycles. The minimum atomic E-state index is 0.197. The van der Waals surface area contributed by atoms with Gasteiger partial charge in [0.2, 0.25) is 5.91 Å². The Morgan fingerprint density at radius 1 is 1.18 bits per heavy atom.